The van der Waals surface area contributed by atoms with Crippen molar-refractivity contribution in [1.29, 1.82) is 0 Å². The van der Waals surface area contributed by atoms with Crippen LogP contribution in [-0.4, -0.2) is 47.4 Å². The molecule has 0 fully saturated rings. The Kier molecular flexibility index (Phi) is 43.2. The monoisotopic (exact) mass is 774 g/mol. The van der Waals surface area contributed by atoms with E-state index in [1.54, 1.807) is 0 Å². The number of aliphatic hydroxyl groups is 2. The van der Waals surface area contributed by atoms with Gasteiger partial charge in [-0.15, -0.1) is 0 Å². The summed E-state index contributed by atoms with van der Waals surface area (Å²) < 4.78 is 5.41. The molecular formula is C49H91NO5. The molecule has 0 heterocycles. The molecule has 0 spiro atoms. The zero-order chi connectivity index (χ0) is 40.1. The summed E-state index contributed by atoms with van der Waals surface area (Å²) in [6, 6.07) is -0.563. The third kappa shape index (κ3) is 41.5. The summed E-state index contributed by atoms with van der Waals surface area (Å²) in [6.45, 7) is 4.79. The first-order chi connectivity index (χ1) is 27.0. The second kappa shape index (κ2) is 44.8. The largest absolute Gasteiger partial charge is 0.466 e. The van der Waals surface area contributed by atoms with Gasteiger partial charge in [0.05, 0.1) is 25.4 Å². The summed E-state index contributed by atoms with van der Waals surface area (Å²) in [7, 11) is 0. The van der Waals surface area contributed by atoms with Gasteiger partial charge in [0.25, 0.3) is 0 Å². The van der Waals surface area contributed by atoms with Crippen LogP contribution < -0.4 is 5.32 Å². The maximum Gasteiger partial charge on any atom is 0.305 e. The third-order valence-corrected chi connectivity index (χ3v) is 10.6. The molecule has 1 amide bonds. The van der Waals surface area contributed by atoms with Crippen LogP contribution in [0.25, 0.3) is 0 Å². The van der Waals surface area contributed by atoms with E-state index in [1.807, 2.05) is 0 Å². The highest BCUT2D eigenvalue weighted by Crippen LogP contribution is 2.15. The average molecular weight is 774 g/mol. The Labute approximate surface area is 341 Å². The molecule has 0 saturated heterocycles. The van der Waals surface area contributed by atoms with Gasteiger partial charge < -0.3 is 20.3 Å². The second-order valence-electron chi connectivity index (χ2n) is 16.1. The van der Waals surface area contributed by atoms with Gasteiger partial charge >= 0.3 is 5.97 Å². The van der Waals surface area contributed by atoms with E-state index in [2.05, 4.69) is 55.6 Å². The van der Waals surface area contributed by atoms with Crippen LogP contribution in [0.15, 0.2) is 36.5 Å². The molecule has 2 unspecified atom stereocenters. The number of aliphatic hydroxyl groups excluding tert-OH is 2. The van der Waals surface area contributed by atoms with Crippen molar-refractivity contribution in [3.8, 4) is 0 Å². The lowest BCUT2D eigenvalue weighted by Crippen LogP contribution is -2.45. The summed E-state index contributed by atoms with van der Waals surface area (Å²) in [6.07, 6.45) is 52.4. The topological polar surface area (TPSA) is 95.9 Å². The Morgan fingerprint density at radius 1 is 0.509 bits per heavy atom. The van der Waals surface area contributed by atoms with Gasteiger partial charge in [0.1, 0.15) is 0 Å². The fourth-order valence-corrected chi connectivity index (χ4v) is 6.96. The highest BCUT2D eigenvalue weighted by molar-refractivity contribution is 5.76. The predicted molar refractivity (Wildman–Crippen MR) is 236 cm³/mol. The zero-order valence-electron chi connectivity index (χ0n) is 36.4. The lowest BCUT2D eigenvalue weighted by atomic mass is 10.0. The van der Waals surface area contributed by atoms with Gasteiger partial charge in [-0.25, -0.2) is 0 Å². The molecule has 55 heavy (non-hydrogen) atoms. The van der Waals surface area contributed by atoms with Gasteiger partial charge in [-0.05, 0) is 77.0 Å². The SMILES string of the molecule is CCC/C=C\C/C=C\CCCCCCCC(=O)OCCCC/C=C\CCCCCCCC(=O)NC(CO)C(O)CCCCCCCCCCCCCCCC. The molecule has 0 saturated carbocycles. The van der Waals surface area contributed by atoms with Crippen LogP contribution in [0.2, 0.25) is 0 Å². The van der Waals surface area contributed by atoms with Crippen LogP contribution >= 0.6 is 0 Å². The van der Waals surface area contributed by atoms with Gasteiger partial charge in [-0.2, -0.15) is 0 Å². The predicted octanol–water partition coefficient (Wildman–Crippen LogP) is 13.7. The highest BCUT2D eigenvalue weighted by Gasteiger charge is 2.20. The molecule has 6 nitrogen and oxygen atoms in total. The Morgan fingerprint density at radius 2 is 0.945 bits per heavy atom. The van der Waals surface area contributed by atoms with E-state index in [-0.39, 0.29) is 18.5 Å². The van der Waals surface area contributed by atoms with Gasteiger partial charge in [0, 0.05) is 12.8 Å². The highest BCUT2D eigenvalue weighted by atomic mass is 16.5. The second-order valence-corrected chi connectivity index (χ2v) is 16.1. The van der Waals surface area contributed by atoms with Crippen molar-refractivity contribution in [1.82, 2.24) is 5.32 Å². The number of nitrogens with one attached hydrogen (secondary N) is 1. The maximum absolute atomic E-state index is 12.4. The van der Waals surface area contributed by atoms with Gasteiger partial charge in [0.2, 0.25) is 5.91 Å². The summed E-state index contributed by atoms with van der Waals surface area (Å²) >= 11 is 0. The van der Waals surface area contributed by atoms with Gasteiger partial charge in [0.15, 0.2) is 0 Å². The Hall–Kier alpha value is -1.92. The van der Waals surface area contributed by atoms with E-state index < -0.39 is 12.1 Å². The van der Waals surface area contributed by atoms with E-state index in [0.29, 0.717) is 25.9 Å². The van der Waals surface area contributed by atoms with Crippen LogP contribution in [0, 0.1) is 0 Å². The number of unbranched alkanes of at least 4 members (excludes halogenated alkanes) is 26. The van der Waals surface area contributed by atoms with E-state index in [9.17, 15) is 19.8 Å². The molecule has 0 aliphatic heterocycles. The number of ether oxygens (including phenoxy) is 1. The van der Waals surface area contributed by atoms with Crippen molar-refractivity contribution in [2.45, 2.75) is 251 Å². The number of esters is 1. The number of hydrogen-bond donors (Lipinski definition) is 3. The van der Waals surface area contributed by atoms with E-state index >= 15 is 0 Å². The number of carbonyl (C=O) groups excluding carboxylic acids is 2. The van der Waals surface area contributed by atoms with Crippen molar-refractivity contribution in [2.75, 3.05) is 13.2 Å². The molecule has 0 bridgehead atoms. The van der Waals surface area contributed by atoms with Crippen molar-refractivity contribution in [2.24, 2.45) is 0 Å². The molecule has 0 aliphatic rings. The van der Waals surface area contributed by atoms with Crippen molar-refractivity contribution in [3.05, 3.63) is 36.5 Å². The minimum Gasteiger partial charge on any atom is -0.466 e. The minimum atomic E-state index is -0.682. The molecule has 0 aromatic rings. The van der Waals surface area contributed by atoms with Crippen LogP contribution in [0.4, 0.5) is 0 Å². The fourth-order valence-electron chi connectivity index (χ4n) is 6.96. The number of amides is 1. The smallest absolute Gasteiger partial charge is 0.305 e. The fraction of sp³-hybridized carbons (Fsp3) is 0.837. The standard InChI is InChI=1S/C49H91NO5/c1-3-5-7-9-11-13-15-17-19-21-25-29-33-37-41-47(52)46(45-51)50-48(53)42-38-34-30-26-22-20-24-28-32-36-40-44-55-49(54)43-39-35-31-27-23-18-16-14-12-10-8-6-4-2/h8,10,14,16,24,28,46-47,51-52H,3-7,9,11-13,15,17-23,25-27,29-45H2,1-2H3,(H,50,53)/b10-8-,16-14-,28-24-. The number of allylic oxidation sites excluding steroid dienone is 6. The first-order valence-electron chi connectivity index (χ1n) is 23.7. The van der Waals surface area contributed by atoms with Crippen LogP contribution in [-0.2, 0) is 14.3 Å². The molecule has 3 N–H and O–H groups in total. The first kappa shape index (κ1) is 53.1. The summed E-state index contributed by atoms with van der Waals surface area (Å²) in [5.74, 6) is -0.114. The lowest BCUT2D eigenvalue weighted by molar-refractivity contribution is -0.143. The quantitative estimate of drug-likeness (QED) is 0.0326. The van der Waals surface area contributed by atoms with Crippen LogP contribution in [0.1, 0.15) is 239 Å². The normalized spacial score (nSPS) is 13.0. The van der Waals surface area contributed by atoms with Gasteiger partial charge in [-0.1, -0.05) is 185 Å². The first-order valence-corrected chi connectivity index (χ1v) is 23.7. The Balaban J connectivity index is 3.55. The Morgan fingerprint density at radius 3 is 1.47 bits per heavy atom. The number of hydrogen-bond acceptors (Lipinski definition) is 5. The van der Waals surface area contributed by atoms with E-state index in [1.165, 1.54) is 109 Å². The zero-order valence-corrected chi connectivity index (χ0v) is 36.4. The average Bonchev–Trinajstić information content (AvgIpc) is 3.18. The molecule has 0 aromatic carbocycles. The van der Waals surface area contributed by atoms with E-state index in [4.69, 9.17) is 4.74 Å². The summed E-state index contributed by atoms with van der Waals surface area (Å²) in [5, 5.41) is 23.1. The molecule has 0 radical (unpaired) electrons. The van der Waals surface area contributed by atoms with Gasteiger partial charge in [-0.3, -0.25) is 9.59 Å². The minimum absolute atomic E-state index is 0.0473. The third-order valence-electron chi connectivity index (χ3n) is 10.6. The molecular weight excluding hydrogens is 683 g/mol. The molecule has 6 heteroatoms. The van der Waals surface area contributed by atoms with Crippen molar-refractivity contribution >= 4 is 11.9 Å². The maximum atomic E-state index is 12.4. The summed E-state index contributed by atoms with van der Waals surface area (Å²) in [5.41, 5.74) is 0. The van der Waals surface area contributed by atoms with Crippen LogP contribution in [0.3, 0.4) is 0 Å². The van der Waals surface area contributed by atoms with Crippen molar-refractivity contribution < 1.29 is 24.5 Å². The molecule has 0 rings (SSSR count). The number of carbonyl (C=O) groups is 2. The molecule has 322 valence electrons. The molecule has 0 aliphatic carbocycles. The Bertz CT molecular complexity index is 900. The van der Waals surface area contributed by atoms with E-state index in [0.717, 1.165) is 96.3 Å². The summed E-state index contributed by atoms with van der Waals surface area (Å²) in [4.78, 5) is 24.4. The number of rotatable bonds is 43. The molecule has 2 atom stereocenters. The van der Waals surface area contributed by atoms with Crippen molar-refractivity contribution in [3.63, 3.8) is 0 Å². The lowest BCUT2D eigenvalue weighted by Gasteiger charge is -2.22. The van der Waals surface area contributed by atoms with Crippen LogP contribution in [0.5, 0.6) is 0 Å². The molecule has 0 aromatic heterocycles.